The lowest BCUT2D eigenvalue weighted by Gasteiger charge is -2.05. The van der Waals surface area contributed by atoms with Gasteiger partial charge in [0.1, 0.15) is 0 Å². The standard InChI is InChI=1S/C16H13N3O5.C3H6O2/c1-2-14(17)16(20)11-5-3-10(4-6-11)13-8-7-12(18(21)22)9-15(13)19(23)24;1-2-3(4)5/h3-9,17H,2H2,1H3;2H2,1H3,(H,4,5). The molecule has 0 saturated carbocycles. The third-order valence-electron chi connectivity index (χ3n) is 3.78. The third-order valence-corrected chi connectivity index (χ3v) is 3.78. The van der Waals surface area contributed by atoms with Gasteiger partial charge in [0.25, 0.3) is 11.4 Å². The Morgan fingerprint density at radius 1 is 0.966 bits per heavy atom. The minimum Gasteiger partial charge on any atom is -0.481 e. The summed E-state index contributed by atoms with van der Waals surface area (Å²) in [6, 6.07) is 9.39. The Balaban J connectivity index is 0.000000749. The number of carboxylic acids is 1. The highest BCUT2D eigenvalue weighted by atomic mass is 16.6. The fraction of sp³-hybridized carbons (Fsp3) is 0.211. The van der Waals surface area contributed by atoms with E-state index in [-0.39, 0.29) is 29.1 Å². The number of carbonyl (C=O) groups excluding carboxylic acids is 1. The molecule has 0 aliphatic rings. The monoisotopic (exact) mass is 401 g/mol. The second kappa shape index (κ2) is 10.4. The molecule has 2 N–H and O–H groups in total. The Hall–Kier alpha value is -3.95. The first-order chi connectivity index (χ1) is 13.6. The smallest absolute Gasteiger partial charge is 0.303 e. The van der Waals surface area contributed by atoms with E-state index in [1.54, 1.807) is 13.8 Å². The Bertz CT molecular complexity index is 953. The largest absolute Gasteiger partial charge is 0.481 e. The van der Waals surface area contributed by atoms with Crippen LogP contribution in [-0.4, -0.2) is 32.4 Å². The van der Waals surface area contributed by atoms with Gasteiger partial charge in [-0.15, -0.1) is 0 Å². The number of nitro benzene ring substituents is 2. The number of ketones is 1. The predicted molar refractivity (Wildman–Crippen MR) is 105 cm³/mol. The molecule has 0 aromatic heterocycles. The summed E-state index contributed by atoms with van der Waals surface area (Å²) in [6.07, 6.45) is 0.536. The van der Waals surface area contributed by atoms with Gasteiger partial charge in [0.2, 0.25) is 5.78 Å². The van der Waals surface area contributed by atoms with Gasteiger partial charge in [0.05, 0.1) is 27.2 Å². The average molecular weight is 401 g/mol. The third kappa shape index (κ3) is 6.31. The van der Waals surface area contributed by atoms with Crippen molar-refractivity contribution in [1.82, 2.24) is 0 Å². The molecule has 10 nitrogen and oxygen atoms in total. The Morgan fingerprint density at radius 3 is 1.93 bits per heavy atom. The zero-order chi connectivity index (χ0) is 22.1. The van der Waals surface area contributed by atoms with Crippen molar-refractivity contribution in [1.29, 1.82) is 5.41 Å². The van der Waals surface area contributed by atoms with Crippen LogP contribution in [-0.2, 0) is 4.79 Å². The van der Waals surface area contributed by atoms with Crippen molar-refractivity contribution in [2.45, 2.75) is 26.7 Å². The van der Waals surface area contributed by atoms with Crippen molar-refractivity contribution in [2.24, 2.45) is 0 Å². The summed E-state index contributed by atoms with van der Waals surface area (Å²) < 4.78 is 0. The summed E-state index contributed by atoms with van der Waals surface area (Å²) in [7, 11) is 0. The number of Topliss-reactive ketones (excluding diaryl/α,β-unsaturated/α-hetero) is 1. The van der Waals surface area contributed by atoms with E-state index in [9.17, 15) is 29.8 Å². The number of carbonyl (C=O) groups is 2. The van der Waals surface area contributed by atoms with E-state index in [0.29, 0.717) is 17.5 Å². The lowest BCUT2D eigenvalue weighted by molar-refractivity contribution is -0.393. The van der Waals surface area contributed by atoms with Crippen molar-refractivity contribution in [3.05, 3.63) is 68.3 Å². The van der Waals surface area contributed by atoms with Gasteiger partial charge in [-0.25, -0.2) is 0 Å². The number of benzene rings is 2. The normalized spacial score (nSPS) is 9.72. The first kappa shape index (κ1) is 23.1. The van der Waals surface area contributed by atoms with Gasteiger partial charge >= 0.3 is 5.97 Å². The maximum absolute atomic E-state index is 11.9. The molecule has 0 unspecified atom stereocenters. The summed E-state index contributed by atoms with van der Waals surface area (Å²) in [6.45, 7) is 3.30. The van der Waals surface area contributed by atoms with Gasteiger partial charge in [-0.05, 0) is 18.1 Å². The first-order valence-corrected chi connectivity index (χ1v) is 8.49. The second-order valence-corrected chi connectivity index (χ2v) is 5.70. The van der Waals surface area contributed by atoms with Crippen LogP contribution in [0.15, 0.2) is 42.5 Å². The fourth-order valence-corrected chi connectivity index (χ4v) is 2.16. The number of nitrogens with zero attached hydrogens (tertiary/aromatic N) is 2. The minimum atomic E-state index is -0.745. The van der Waals surface area contributed by atoms with Crippen molar-refractivity contribution in [3.8, 4) is 11.1 Å². The minimum absolute atomic E-state index is 0.0240. The van der Waals surface area contributed by atoms with Gasteiger partial charge in [-0.1, -0.05) is 38.1 Å². The van der Waals surface area contributed by atoms with Crippen molar-refractivity contribution in [2.75, 3.05) is 0 Å². The molecule has 0 aliphatic heterocycles. The molecule has 152 valence electrons. The molecule has 0 atom stereocenters. The van der Waals surface area contributed by atoms with Gasteiger partial charge in [-0.3, -0.25) is 29.8 Å². The summed E-state index contributed by atoms with van der Waals surface area (Å²) >= 11 is 0. The Morgan fingerprint density at radius 2 is 1.52 bits per heavy atom. The zero-order valence-electron chi connectivity index (χ0n) is 15.7. The van der Waals surface area contributed by atoms with Crippen LogP contribution in [0.4, 0.5) is 11.4 Å². The number of carboxylic acid groups (broad SMARTS) is 1. The lowest BCUT2D eigenvalue weighted by atomic mass is 9.99. The lowest BCUT2D eigenvalue weighted by Crippen LogP contribution is -2.11. The molecule has 0 bridgehead atoms. The molecule has 0 amide bonds. The van der Waals surface area contributed by atoms with Gasteiger partial charge in [0, 0.05) is 18.1 Å². The summed E-state index contributed by atoms with van der Waals surface area (Å²) in [5.41, 5.74) is 0.212. The number of non-ortho nitro benzene ring substituents is 1. The molecule has 0 spiro atoms. The second-order valence-electron chi connectivity index (χ2n) is 5.70. The SMILES string of the molecule is CCC(=N)C(=O)c1ccc(-c2ccc([N+](=O)[O-])cc2[N+](=O)[O-])cc1.CCC(=O)O. The maximum atomic E-state index is 11.9. The number of rotatable bonds is 7. The highest BCUT2D eigenvalue weighted by molar-refractivity contribution is 6.44. The van der Waals surface area contributed by atoms with Crippen LogP contribution in [0.1, 0.15) is 37.0 Å². The number of nitro groups is 2. The van der Waals surface area contributed by atoms with Gasteiger partial charge in [-0.2, -0.15) is 0 Å². The molecule has 2 aromatic rings. The van der Waals surface area contributed by atoms with Crippen LogP contribution >= 0.6 is 0 Å². The molecular formula is C19H19N3O7. The number of nitrogens with one attached hydrogen (secondary N) is 1. The van der Waals surface area contributed by atoms with Crippen molar-refractivity contribution in [3.63, 3.8) is 0 Å². The molecule has 2 rings (SSSR count). The first-order valence-electron chi connectivity index (χ1n) is 8.49. The van der Waals surface area contributed by atoms with Crippen molar-refractivity contribution < 1.29 is 24.5 Å². The topological polar surface area (TPSA) is 164 Å². The van der Waals surface area contributed by atoms with Crippen LogP contribution in [0.5, 0.6) is 0 Å². The Labute approximate surface area is 165 Å². The van der Waals surface area contributed by atoms with Crippen LogP contribution in [0.3, 0.4) is 0 Å². The predicted octanol–water partition coefficient (Wildman–Crippen LogP) is 4.26. The van der Waals surface area contributed by atoms with Crippen LogP contribution < -0.4 is 0 Å². The molecule has 0 aliphatic carbocycles. The molecule has 0 radical (unpaired) electrons. The molecule has 10 heteroatoms. The summed E-state index contributed by atoms with van der Waals surface area (Å²) in [4.78, 5) is 41.8. The van der Waals surface area contributed by atoms with E-state index in [1.165, 1.54) is 36.4 Å². The molecule has 0 heterocycles. The maximum Gasteiger partial charge on any atom is 0.303 e. The summed E-state index contributed by atoms with van der Waals surface area (Å²) in [5, 5.41) is 37.2. The van der Waals surface area contributed by atoms with Crippen LogP contribution in [0, 0.1) is 25.6 Å². The molecular weight excluding hydrogens is 382 g/mol. The van der Waals surface area contributed by atoms with Crippen LogP contribution in [0.25, 0.3) is 11.1 Å². The number of aliphatic carboxylic acids is 1. The molecule has 0 saturated heterocycles. The highest BCUT2D eigenvalue weighted by Gasteiger charge is 2.20. The number of hydrogen-bond donors (Lipinski definition) is 2. The molecule has 0 fully saturated rings. The number of hydrogen-bond acceptors (Lipinski definition) is 7. The zero-order valence-corrected chi connectivity index (χ0v) is 15.7. The molecule has 29 heavy (non-hydrogen) atoms. The van der Waals surface area contributed by atoms with E-state index >= 15 is 0 Å². The summed E-state index contributed by atoms with van der Waals surface area (Å²) in [5.74, 6) is -1.15. The van der Waals surface area contributed by atoms with Gasteiger partial charge in [0.15, 0.2) is 0 Å². The van der Waals surface area contributed by atoms with E-state index in [0.717, 1.165) is 6.07 Å². The van der Waals surface area contributed by atoms with Crippen LogP contribution in [0.2, 0.25) is 0 Å². The van der Waals surface area contributed by atoms with E-state index in [4.69, 9.17) is 10.5 Å². The highest BCUT2D eigenvalue weighted by Crippen LogP contribution is 2.33. The van der Waals surface area contributed by atoms with E-state index < -0.39 is 21.6 Å². The van der Waals surface area contributed by atoms with Gasteiger partial charge < -0.3 is 10.5 Å². The average Bonchev–Trinajstić information content (AvgIpc) is 2.72. The van der Waals surface area contributed by atoms with Crippen molar-refractivity contribution >= 4 is 28.8 Å². The van der Waals surface area contributed by atoms with E-state index in [1.807, 2.05) is 0 Å². The molecule has 2 aromatic carbocycles. The Kier molecular flexibility index (Phi) is 8.28. The fourth-order valence-electron chi connectivity index (χ4n) is 2.16. The quantitative estimate of drug-likeness (QED) is 0.302. The van der Waals surface area contributed by atoms with E-state index in [2.05, 4.69) is 0 Å².